The first kappa shape index (κ1) is 24.6. The number of hydrazone groups is 1. The second kappa shape index (κ2) is 9.64. The van der Waals surface area contributed by atoms with Gasteiger partial charge in [0.2, 0.25) is 5.91 Å². The van der Waals surface area contributed by atoms with Crippen molar-refractivity contribution < 1.29 is 52.6 Å². The molecule has 3 rings (SSSR count). The number of alkyl halides is 3. The van der Waals surface area contributed by atoms with E-state index in [1.165, 1.54) is 0 Å². The van der Waals surface area contributed by atoms with E-state index in [-0.39, 0.29) is 46.7 Å². The minimum Gasteiger partial charge on any atom is -0.825 e. The molecule has 1 aliphatic heterocycles. The minimum absolute atomic E-state index is 0. The van der Waals surface area contributed by atoms with Crippen molar-refractivity contribution in [2.75, 3.05) is 0 Å². The molecule has 30 heavy (non-hydrogen) atoms. The summed E-state index contributed by atoms with van der Waals surface area (Å²) in [7, 11) is 0. The summed E-state index contributed by atoms with van der Waals surface area (Å²) in [5.74, 6) is -0.910. The monoisotopic (exact) mass is 426 g/mol. The van der Waals surface area contributed by atoms with Gasteiger partial charge in [0.05, 0.1) is 11.4 Å². The first-order chi connectivity index (χ1) is 13.6. The maximum atomic E-state index is 13.6. The number of carbonyl (C=O) groups is 1. The van der Waals surface area contributed by atoms with E-state index in [0.29, 0.717) is 18.4 Å². The molecule has 0 spiro atoms. The summed E-state index contributed by atoms with van der Waals surface area (Å²) in [6, 6.07) is 14.5. The van der Waals surface area contributed by atoms with Gasteiger partial charge in [-0.15, -0.1) is 0 Å². The molecule has 0 aromatic heterocycles. The van der Waals surface area contributed by atoms with Gasteiger partial charge in [-0.25, -0.2) is 5.01 Å². The van der Waals surface area contributed by atoms with Crippen LogP contribution in [0.1, 0.15) is 41.5 Å². The fourth-order valence-electron chi connectivity index (χ4n) is 3.51. The van der Waals surface area contributed by atoms with Crippen molar-refractivity contribution in [2.45, 2.75) is 51.4 Å². The second-order valence-corrected chi connectivity index (χ2v) is 7.43. The zero-order chi connectivity index (χ0) is 21.2. The Balaban J connectivity index is 0.00000320. The van der Waals surface area contributed by atoms with Crippen molar-refractivity contribution >= 4 is 11.6 Å². The number of carbonyl (C=O) groups excluding carboxylic acids is 1. The van der Waals surface area contributed by atoms with Crippen molar-refractivity contribution in [3.63, 3.8) is 0 Å². The Bertz CT molecular complexity index is 911. The predicted octanol–water partition coefficient (Wildman–Crippen LogP) is 0.886. The molecule has 2 aromatic carbocycles. The van der Waals surface area contributed by atoms with Gasteiger partial charge < -0.3 is 5.11 Å². The zero-order valence-corrected chi connectivity index (χ0v) is 19.3. The molecule has 8 heteroatoms. The summed E-state index contributed by atoms with van der Waals surface area (Å²) >= 11 is 0. The minimum atomic E-state index is -5.13. The molecule has 1 heterocycles. The number of benzene rings is 2. The second-order valence-electron chi connectivity index (χ2n) is 7.43. The Morgan fingerprint density at radius 1 is 1.13 bits per heavy atom. The van der Waals surface area contributed by atoms with Gasteiger partial charge in [0, 0.05) is 12.8 Å². The Hall–Kier alpha value is -1.67. The van der Waals surface area contributed by atoms with E-state index >= 15 is 0 Å². The van der Waals surface area contributed by atoms with Crippen LogP contribution in [0.5, 0.6) is 0 Å². The summed E-state index contributed by atoms with van der Waals surface area (Å²) in [6.07, 6.45) is -5.34. The van der Waals surface area contributed by atoms with E-state index in [4.69, 9.17) is 0 Å². The van der Waals surface area contributed by atoms with E-state index < -0.39 is 24.2 Å². The van der Waals surface area contributed by atoms with Crippen molar-refractivity contribution in [1.82, 2.24) is 5.01 Å². The summed E-state index contributed by atoms with van der Waals surface area (Å²) in [4.78, 5) is 12.5. The first-order valence-corrected chi connectivity index (χ1v) is 9.40. The fraction of sp³-hybridized carbons (Fsp3) is 0.364. The zero-order valence-electron chi connectivity index (χ0n) is 17.3. The molecule has 1 amide bonds. The third-order valence-electron chi connectivity index (χ3n) is 4.90. The molecule has 2 aromatic rings. The van der Waals surface area contributed by atoms with Crippen LogP contribution in [0.25, 0.3) is 0 Å². The SMILES string of the molecule is Cc1cc(C)cc(C2=NN(C(=O)CCCc3ccccc3)C([O-])(C(F)(F)F)C2)c1.[Na+]. The largest absolute Gasteiger partial charge is 1.00 e. The van der Waals surface area contributed by atoms with Gasteiger partial charge in [0.25, 0.3) is 0 Å². The number of aryl methyl sites for hydroxylation is 3. The molecule has 1 aliphatic rings. The van der Waals surface area contributed by atoms with Crippen LogP contribution in [-0.4, -0.2) is 28.5 Å². The molecular weight excluding hydrogens is 404 g/mol. The summed E-state index contributed by atoms with van der Waals surface area (Å²) < 4.78 is 40.8. The van der Waals surface area contributed by atoms with E-state index in [2.05, 4.69) is 5.10 Å². The standard InChI is InChI=1S/C22H22F3N2O2.Na/c1-15-11-16(2)13-18(12-15)19-14-21(29,22(23,24)25)27(26-19)20(28)10-6-9-17-7-4-3-5-8-17;/h3-5,7-8,11-13H,6,9-10,14H2,1-2H3;/q-1;+1. The van der Waals surface area contributed by atoms with Crippen molar-refractivity contribution in [3.8, 4) is 0 Å². The summed E-state index contributed by atoms with van der Waals surface area (Å²) in [6.45, 7) is 3.62. The number of hydrogen-bond donors (Lipinski definition) is 0. The van der Waals surface area contributed by atoms with Crippen LogP contribution < -0.4 is 34.7 Å². The number of hydrogen-bond acceptors (Lipinski definition) is 3. The number of amides is 1. The maximum Gasteiger partial charge on any atom is 1.00 e. The predicted molar refractivity (Wildman–Crippen MR) is 102 cm³/mol. The normalized spacial score (nSPS) is 18.7. The molecule has 0 radical (unpaired) electrons. The molecule has 0 saturated carbocycles. The fourth-order valence-corrected chi connectivity index (χ4v) is 3.51. The molecule has 1 unspecified atom stereocenters. The number of halogens is 3. The van der Waals surface area contributed by atoms with Crippen LogP contribution in [0.15, 0.2) is 53.6 Å². The maximum absolute atomic E-state index is 13.6. The Labute approximate surface area is 196 Å². The van der Waals surface area contributed by atoms with Crippen LogP contribution in [0.2, 0.25) is 0 Å². The quantitative estimate of drug-likeness (QED) is 0.667. The average Bonchev–Trinajstić information content (AvgIpc) is 3.01. The smallest absolute Gasteiger partial charge is 0.825 e. The summed E-state index contributed by atoms with van der Waals surface area (Å²) in [5.41, 5.74) is -0.487. The number of rotatable bonds is 5. The Morgan fingerprint density at radius 2 is 1.73 bits per heavy atom. The van der Waals surface area contributed by atoms with E-state index in [1.807, 2.05) is 50.2 Å². The van der Waals surface area contributed by atoms with Gasteiger partial charge in [0.1, 0.15) is 0 Å². The van der Waals surface area contributed by atoms with E-state index in [0.717, 1.165) is 16.7 Å². The van der Waals surface area contributed by atoms with Gasteiger partial charge >= 0.3 is 35.7 Å². The van der Waals surface area contributed by atoms with Gasteiger partial charge in [-0.2, -0.15) is 18.3 Å². The third kappa shape index (κ3) is 5.32. The molecule has 0 saturated heterocycles. The third-order valence-corrected chi connectivity index (χ3v) is 4.90. The number of nitrogens with zero attached hydrogens (tertiary/aromatic N) is 2. The molecule has 0 fully saturated rings. The Kier molecular flexibility index (Phi) is 7.91. The van der Waals surface area contributed by atoms with Crippen LogP contribution in [0, 0.1) is 13.8 Å². The summed E-state index contributed by atoms with van der Waals surface area (Å²) in [5, 5.41) is 16.7. The Morgan fingerprint density at radius 3 is 2.30 bits per heavy atom. The van der Waals surface area contributed by atoms with Crippen LogP contribution >= 0.6 is 0 Å². The van der Waals surface area contributed by atoms with Gasteiger partial charge in [-0.05, 0) is 37.8 Å². The van der Waals surface area contributed by atoms with Crippen LogP contribution in [0.3, 0.4) is 0 Å². The van der Waals surface area contributed by atoms with Crippen molar-refractivity contribution in [3.05, 3.63) is 70.8 Å². The van der Waals surface area contributed by atoms with E-state index in [1.54, 1.807) is 12.1 Å². The molecule has 4 nitrogen and oxygen atoms in total. The van der Waals surface area contributed by atoms with Crippen molar-refractivity contribution in [2.24, 2.45) is 5.10 Å². The van der Waals surface area contributed by atoms with Gasteiger partial charge in [-0.3, -0.25) is 4.79 Å². The van der Waals surface area contributed by atoms with Crippen LogP contribution in [0.4, 0.5) is 13.2 Å². The van der Waals surface area contributed by atoms with Crippen molar-refractivity contribution in [1.29, 1.82) is 0 Å². The molecule has 0 aliphatic carbocycles. The molecule has 0 N–H and O–H groups in total. The molecule has 154 valence electrons. The molecule has 0 bridgehead atoms. The molecular formula is C22H22F3N2NaO2. The van der Waals surface area contributed by atoms with E-state index in [9.17, 15) is 23.1 Å². The van der Waals surface area contributed by atoms with Gasteiger partial charge in [-0.1, -0.05) is 59.7 Å². The van der Waals surface area contributed by atoms with Gasteiger partial charge in [0.15, 0.2) is 0 Å². The van der Waals surface area contributed by atoms with Crippen LogP contribution in [-0.2, 0) is 11.2 Å². The molecule has 1 atom stereocenters. The first-order valence-electron chi connectivity index (χ1n) is 9.40. The topological polar surface area (TPSA) is 55.7 Å². The average molecular weight is 426 g/mol.